The molecular weight excluding hydrogens is 252 g/mol. The molecule has 1 aliphatic rings. The second-order valence-corrected chi connectivity index (χ2v) is 6.18. The van der Waals surface area contributed by atoms with Crippen LogP contribution in [-0.4, -0.2) is 13.1 Å². The van der Waals surface area contributed by atoms with E-state index in [2.05, 4.69) is 53.3 Å². The zero-order chi connectivity index (χ0) is 13.1. The molecule has 0 saturated carbocycles. The van der Waals surface area contributed by atoms with Crippen LogP contribution in [0.1, 0.15) is 27.5 Å². The lowest BCUT2D eigenvalue weighted by Gasteiger charge is -2.26. The van der Waals surface area contributed by atoms with Gasteiger partial charge in [-0.05, 0) is 35.1 Å². The highest BCUT2D eigenvalue weighted by atomic mass is 32.1. The summed E-state index contributed by atoms with van der Waals surface area (Å²) >= 11 is 1.84. The van der Waals surface area contributed by atoms with Crippen LogP contribution in [0.4, 0.5) is 0 Å². The third-order valence-corrected chi connectivity index (χ3v) is 4.87. The van der Waals surface area contributed by atoms with Crippen LogP contribution in [0.5, 0.6) is 0 Å². The number of thiophene rings is 1. The normalized spacial score (nSPS) is 18.3. The lowest BCUT2D eigenvalue weighted by Crippen LogP contribution is -2.34. The molecule has 0 amide bonds. The van der Waals surface area contributed by atoms with E-state index in [0.29, 0.717) is 5.92 Å². The van der Waals surface area contributed by atoms with E-state index in [4.69, 9.17) is 0 Å². The van der Waals surface area contributed by atoms with Crippen LogP contribution in [0.3, 0.4) is 0 Å². The van der Waals surface area contributed by atoms with Crippen molar-refractivity contribution in [1.29, 1.82) is 0 Å². The predicted molar refractivity (Wildman–Crippen MR) is 81.7 cm³/mol. The van der Waals surface area contributed by atoms with Gasteiger partial charge in [0.25, 0.3) is 0 Å². The number of hydrogen-bond acceptors (Lipinski definition) is 3. The molecule has 100 valence electrons. The van der Waals surface area contributed by atoms with Crippen LogP contribution in [-0.2, 0) is 13.1 Å². The van der Waals surface area contributed by atoms with Crippen molar-refractivity contribution in [3.8, 4) is 0 Å². The Balaban J connectivity index is 1.61. The van der Waals surface area contributed by atoms with Gasteiger partial charge in [0.05, 0.1) is 0 Å². The molecule has 0 spiro atoms. The van der Waals surface area contributed by atoms with E-state index in [0.717, 1.165) is 26.2 Å². The molecule has 3 heteroatoms. The highest BCUT2D eigenvalue weighted by Gasteiger charge is 2.18. The molecule has 1 aliphatic heterocycles. The summed E-state index contributed by atoms with van der Waals surface area (Å²) in [4.78, 5) is 1.46. The van der Waals surface area contributed by atoms with Gasteiger partial charge in [0.2, 0.25) is 0 Å². The fraction of sp³-hybridized carbons (Fsp3) is 0.375. The molecule has 2 nitrogen and oxygen atoms in total. The zero-order valence-corrected chi connectivity index (χ0v) is 12.1. The minimum atomic E-state index is 0.588. The summed E-state index contributed by atoms with van der Waals surface area (Å²) in [6.45, 7) is 6.30. The van der Waals surface area contributed by atoms with Gasteiger partial charge >= 0.3 is 0 Å². The summed E-state index contributed by atoms with van der Waals surface area (Å²) in [5.74, 6) is 0.588. The Morgan fingerprint density at radius 2 is 2.21 bits per heavy atom. The minimum Gasteiger partial charge on any atom is -0.312 e. The molecule has 2 aromatic rings. The maximum absolute atomic E-state index is 3.61. The lowest BCUT2D eigenvalue weighted by atomic mass is 9.91. The largest absolute Gasteiger partial charge is 0.312 e. The molecule has 2 heterocycles. The molecule has 0 bridgehead atoms. The predicted octanol–water partition coefficient (Wildman–Crippen LogP) is 3.03. The minimum absolute atomic E-state index is 0.588. The molecule has 2 N–H and O–H groups in total. The summed E-state index contributed by atoms with van der Waals surface area (Å²) in [6.07, 6.45) is 0. The van der Waals surface area contributed by atoms with Crippen molar-refractivity contribution in [2.45, 2.75) is 25.9 Å². The number of fused-ring (bicyclic) bond motifs is 1. The Hall–Kier alpha value is -1.16. The second kappa shape index (κ2) is 5.87. The average Bonchev–Trinajstić information content (AvgIpc) is 2.85. The summed E-state index contributed by atoms with van der Waals surface area (Å²) in [7, 11) is 0. The molecule has 1 unspecified atom stereocenters. The van der Waals surface area contributed by atoms with Gasteiger partial charge in [-0.1, -0.05) is 24.3 Å². The lowest BCUT2D eigenvalue weighted by molar-refractivity contribution is 0.504. The molecule has 0 fully saturated rings. The number of benzene rings is 1. The Morgan fingerprint density at radius 1 is 1.32 bits per heavy atom. The topological polar surface area (TPSA) is 24.1 Å². The van der Waals surface area contributed by atoms with Crippen molar-refractivity contribution in [2.75, 3.05) is 13.1 Å². The van der Waals surface area contributed by atoms with Gasteiger partial charge in [-0.3, -0.25) is 0 Å². The van der Waals surface area contributed by atoms with E-state index < -0.39 is 0 Å². The Bertz CT molecular complexity index is 547. The molecule has 19 heavy (non-hydrogen) atoms. The van der Waals surface area contributed by atoms with Crippen molar-refractivity contribution in [3.63, 3.8) is 0 Å². The molecule has 1 atom stereocenters. The van der Waals surface area contributed by atoms with Crippen LogP contribution in [0.15, 0.2) is 35.7 Å². The van der Waals surface area contributed by atoms with E-state index in [9.17, 15) is 0 Å². The van der Waals surface area contributed by atoms with Gasteiger partial charge in [0, 0.05) is 37.0 Å². The van der Waals surface area contributed by atoms with Crippen molar-refractivity contribution >= 4 is 11.3 Å². The van der Waals surface area contributed by atoms with Crippen molar-refractivity contribution in [3.05, 3.63) is 57.3 Å². The van der Waals surface area contributed by atoms with Crippen LogP contribution in [0, 0.1) is 6.92 Å². The van der Waals surface area contributed by atoms with Crippen molar-refractivity contribution < 1.29 is 0 Å². The first-order valence-electron chi connectivity index (χ1n) is 6.87. The van der Waals surface area contributed by atoms with E-state index in [1.807, 2.05) is 11.3 Å². The van der Waals surface area contributed by atoms with Crippen LogP contribution in [0.25, 0.3) is 0 Å². The number of aryl methyl sites for hydroxylation is 1. The third-order valence-electron chi connectivity index (χ3n) is 3.85. The molecule has 1 aromatic carbocycles. The first kappa shape index (κ1) is 12.9. The van der Waals surface area contributed by atoms with Crippen LogP contribution < -0.4 is 10.6 Å². The number of nitrogens with one attached hydrogen (secondary N) is 2. The van der Waals surface area contributed by atoms with Gasteiger partial charge in [-0.2, -0.15) is 0 Å². The van der Waals surface area contributed by atoms with Gasteiger partial charge in [-0.15, -0.1) is 11.3 Å². The summed E-state index contributed by atoms with van der Waals surface area (Å²) in [5.41, 5.74) is 4.36. The van der Waals surface area contributed by atoms with Gasteiger partial charge in [0.1, 0.15) is 0 Å². The van der Waals surface area contributed by atoms with Gasteiger partial charge in [-0.25, -0.2) is 0 Å². The van der Waals surface area contributed by atoms with E-state index in [1.165, 1.54) is 21.6 Å². The van der Waals surface area contributed by atoms with E-state index in [-0.39, 0.29) is 0 Å². The molecule has 0 radical (unpaired) electrons. The highest BCUT2D eigenvalue weighted by molar-refractivity contribution is 7.10. The Kier molecular flexibility index (Phi) is 3.97. The van der Waals surface area contributed by atoms with Gasteiger partial charge in [0.15, 0.2) is 0 Å². The first-order chi connectivity index (χ1) is 9.34. The highest BCUT2D eigenvalue weighted by Crippen LogP contribution is 2.23. The fourth-order valence-electron chi connectivity index (χ4n) is 2.71. The Morgan fingerprint density at radius 3 is 3.05 bits per heavy atom. The maximum atomic E-state index is 3.61. The van der Waals surface area contributed by atoms with Crippen LogP contribution in [0.2, 0.25) is 0 Å². The fourth-order valence-corrected chi connectivity index (χ4v) is 3.59. The van der Waals surface area contributed by atoms with E-state index >= 15 is 0 Å². The summed E-state index contributed by atoms with van der Waals surface area (Å²) in [6, 6.07) is 11.0. The van der Waals surface area contributed by atoms with E-state index in [1.54, 1.807) is 0 Å². The van der Waals surface area contributed by atoms with Gasteiger partial charge < -0.3 is 10.6 Å². The zero-order valence-electron chi connectivity index (χ0n) is 11.3. The summed E-state index contributed by atoms with van der Waals surface area (Å²) < 4.78 is 0. The van der Waals surface area contributed by atoms with Crippen molar-refractivity contribution in [2.24, 2.45) is 0 Å². The third kappa shape index (κ3) is 2.89. The average molecular weight is 272 g/mol. The molecule has 1 aromatic heterocycles. The number of rotatable bonds is 4. The molecule has 3 rings (SSSR count). The second-order valence-electron chi connectivity index (χ2n) is 5.18. The van der Waals surface area contributed by atoms with Crippen LogP contribution >= 0.6 is 11.3 Å². The standard InChI is InChI=1S/C16H20N2S/c1-12-6-7-19-16(12)11-18-10-14-9-17-8-13-4-2-3-5-15(13)14/h2-7,14,17-18H,8-11H2,1H3. The first-order valence-corrected chi connectivity index (χ1v) is 7.75. The number of hydrogen-bond donors (Lipinski definition) is 2. The quantitative estimate of drug-likeness (QED) is 0.894. The SMILES string of the molecule is Cc1ccsc1CNCC1CNCc2ccccc21. The molecule has 0 aliphatic carbocycles. The molecular formula is C16H20N2S. The van der Waals surface area contributed by atoms with Crippen molar-refractivity contribution in [1.82, 2.24) is 10.6 Å². The maximum Gasteiger partial charge on any atom is 0.0302 e. The Labute approximate surface area is 118 Å². The monoisotopic (exact) mass is 272 g/mol. The molecule has 0 saturated heterocycles. The smallest absolute Gasteiger partial charge is 0.0302 e. The summed E-state index contributed by atoms with van der Waals surface area (Å²) in [5, 5.41) is 9.29.